The molecule has 1 saturated heterocycles. The summed E-state index contributed by atoms with van der Waals surface area (Å²) >= 11 is 6.11. The average Bonchev–Trinajstić information content (AvgIpc) is 2.85. The van der Waals surface area contributed by atoms with E-state index in [4.69, 9.17) is 11.6 Å². The predicted molar refractivity (Wildman–Crippen MR) is 89.8 cm³/mol. The quantitative estimate of drug-likeness (QED) is 0.638. The Morgan fingerprint density at radius 3 is 2.82 bits per heavy atom. The molecule has 116 valence electrons. The molecule has 2 rings (SSSR count). The molecule has 1 heterocycles. The van der Waals surface area contributed by atoms with E-state index < -0.39 is 0 Å². The van der Waals surface area contributed by atoms with Crippen LogP contribution in [0.2, 0.25) is 5.02 Å². The average molecular weight is 318 g/mol. The van der Waals surface area contributed by atoms with E-state index in [1.165, 1.54) is 0 Å². The van der Waals surface area contributed by atoms with E-state index in [1.807, 2.05) is 29.2 Å². The summed E-state index contributed by atoms with van der Waals surface area (Å²) in [7, 11) is 0. The summed E-state index contributed by atoms with van der Waals surface area (Å²) in [6.07, 6.45) is 6.54. The zero-order chi connectivity index (χ0) is 16.1. The number of halogens is 1. The molecular weight excluding hydrogens is 298 g/mol. The lowest BCUT2D eigenvalue weighted by Crippen LogP contribution is -2.31. The van der Waals surface area contributed by atoms with Crippen LogP contribution in [0.5, 0.6) is 0 Å². The SMILES string of the molecule is C=C/C=C(\C=C(/C)O)C(c1cccc(Cl)c1)N1CCCC1=O. The smallest absolute Gasteiger partial charge is 0.223 e. The van der Waals surface area contributed by atoms with Crippen LogP contribution in [0.3, 0.4) is 0 Å². The zero-order valence-corrected chi connectivity index (χ0v) is 13.4. The first-order valence-corrected chi connectivity index (χ1v) is 7.65. The van der Waals surface area contributed by atoms with Crippen LogP contribution in [0.15, 0.2) is 60.4 Å². The Labute approximate surface area is 136 Å². The largest absolute Gasteiger partial charge is 0.513 e. The minimum absolute atomic E-state index is 0.115. The van der Waals surface area contributed by atoms with E-state index >= 15 is 0 Å². The topological polar surface area (TPSA) is 40.5 Å². The Hall–Kier alpha value is -2.00. The minimum atomic E-state index is -0.270. The third-order valence-corrected chi connectivity index (χ3v) is 3.82. The van der Waals surface area contributed by atoms with Crippen molar-refractivity contribution in [3.8, 4) is 0 Å². The summed E-state index contributed by atoms with van der Waals surface area (Å²) in [6.45, 7) is 6.04. The molecule has 0 aliphatic carbocycles. The van der Waals surface area contributed by atoms with E-state index in [-0.39, 0.29) is 17.7 Å². The van der Waals surface area contributed by atoms with Crippen molar-refractivity contribution in [1.82, 2.24) is 4.90 Å². The Bertz CT molecular complexity index is 630. The maximum atomic E-state index is 12.2. The number of rotatable bonds is 5. The first-order valence-electron chi connectivity index (χ1n) is 7.27. The molecule has 1 amide bonds. The highest BCUT2D eigenvalue weighted by Gasteiger charge is 2.30. The maximum Gasteiger partial charge on any atom is 0.223 e. The van der Waals surface area contributed by atoms with Gasteiger partial charge in [-0.1, -0.05) is 42.5 Å². The van der Waals surface area contributed by atoms with Crippen LogP contribution in [-0.2, 0) is 4.79 Å². The van der Waals surface area contributed by atoms with Crippen molar-refractivity contribution in [2.24, 2.45) is 0 Å². The van der Waals surface area contributed by atoms with Crippen LogP contribution >= 0.6 is 11.6 Å². The first-order chi connectivity index (χ1) is 10.5. The van der Waals surface area contributed by atoms with Gasteiger partial charge in [0, 0.05) is 18.0 Å². The predicted octanol–water partition coefficient (Wildman–Crippen LogP) is 4.58. The number of nitrogens with zero attached hydrogens (tertiary/aromatic N) is 1. The highest BCUT2D eigenvalue weighted by atomic mass is 35.5. The molecule has 1 aliphatic heterocycles. The van der Waals surface area contributed by atoms with E-state index in [1.54, 1.807) is 25.1 Å². The zero-order valence-electron chi connectivity index (χ0n) is 12.6. The Kier molecular flexibility index (Phi) is 5.45. The fourth-order valence-electron chi connectivity index (χ4n) is 2.77. The van der Waals surface area contributed by atoms with Crippen LogP contribution in [0.4, 0.5) is 0 Å². The molecule has 22 heavy (non-hydrogen) atoms. The molecule has 1 aliphatic rings. The first kappa shape index (κ1) is 16.4. The lowest BCUT2D eigenvalue weighted by molar-refractivity contribution is -0.129. The van der Waals surface area contributed by atoms with Gasteiger partial charge in [-0.3, -0.25) is 4.79 Å². The molecule has 0 saturated carbocycles. The molecule has 1 atom stereocenters. The van der Waals surface area contributed by atoms with Gasteiger partial charge in [0.1, 0.15) is 0 Å². The monoisotopic (exact) mass is 317 g/mol. The number of likely N-dealkylation sites (tertiary alicyclic amines) is 1. The van der Waals surface area contributed by atoms with E-state index in [2.05, 4.69) is 6.58 Å². The van der Waals surface area contributed by atoms with E-state index in [9.17, 15) is 9.90 Å². The van der Waals surface area contributed by atoms with Gasteiger partial charge in [-0.25, -0.2) is 0 Å². The van der Waals surface area contributed by atoms with Gasteiger partial charge in [0.05, 0.1) is 11.8 Å². The van der Waals surface area contributed by atoms with Crippen molar-refractivity contribution < 1.29 is 9.90 Å². The fraction of sp³-hybridized carbons (Fsp3) is 0.278. The van der Waals surface area contributed by atoms with E-state index in [0.717, 1.165) is 17.6 Å². The molecule has 1 aromatic carbocycles. The lowest BCUT2D eigenvalue weighted by Gasteiger charge is -2.29. The molecule has 1 aromatic rings. The number of aliphatic hydroxyl groups is 1. The van der Waals surface area contributed by atoms with Crippen molar-refractivity contribution in [2.45, 2.75) is 25.8 Å². The van der Waals surface area contributed by atoms with Gasteiger partial charge in [0.2, 0.25) is 5.91 Å². The normalized spacial score (nSPS) is 17.7. The standard InChI is InChI=1S/C18H20ClNO2/c1-3-6-14(11-13(2)21)18(20-10-5-9-17(20)22)15-7-4-8-16(19)12-15/h3-4,6-8,11-12,18,21H,1,5,9-10H2,2H3/b13-11+,14-6+. The Balaban J connectivity index is 2.53. The minimum Gasteiger partial charge on any atom is -0.513 e. The number of amides is 1. The number of hydrogen-bond donors (Lipinski definition) is 1. The molecule has 1 fully saturated rings. The van der Waals surface area contributed by atoms with Gasteiger partial charge in [-0.05, 0) is 42.7 Å². The number of benzene rings is 1. The second-order valence-electron chi connectivity index (χ2n) is 5.34. The molecule has 4 heteroatoms. The van der Waals surface area contributed by atoms with Crippen LogP contribution in [0.1, 0.15) is 31.4 Å². The second-order valence-corrected chi connectivity index (χ2v) is 5.77. The van der Waals surface area contributed by atoms with Crippen molar-refractivity contribution in [3.05, 3.63) is 71.0 Å². The number of allylic oxidation sites excluding steroid dienone is 3. The van der Waals surface area contributed by atoms with Crippen LogP contribution in [-0.4, -0.2) is 22.5 Å². The Morgan fingerprint density at radius 1 is 1.50 bits per heavy atom. The van der Waals surface area contributed by atoms with Gasteiger partial charge < -0.3 is 10.0 Å². The molecule has 1 N–H and O–H groups in total. The second kappa shape index (κ2) is 7.32. The van der Waals surface area contributed by atoms with Crippen molar-refractivity contribution in [1.29, 1.82) is 0 Å². The summed E-state index contributed by atoms with van der Waals surface area (Å²) in [6, 6.07) is 7.20. The van der Waals surface area contributed by atoms with Crippen LogP contribution < -0.4 is 0 Å². The van der Waals surface area contributed by atoms with Crippen LogP contribution in [0.25, 0.3) is 0 Å². The molecule has 0 bridgehead atoms. The molecule has 1 unspecified atom stereocenters. The summed E-state index contributed by atoms with van der Waals surface area (Å²) in [5, 5.41) is 10.3. The van der Waals surface area contributed by atoms with Crippen molar-refractivity contribution >= 4 is 17.5 Å². The summed E-state index contributed by atoms with van der Waals surface area (Å²) in [5.74, 6) is 0.302. The lowest BCUT2D eigenvalue weighted by atomic mass is 9.96. The molecule has 0 spiro atoms. The highest BCUT2D eigenvalue weighted by Crippen LogP contribution is 2.34. The summed E-state index contributed by atoms with van der Waals surface area (Å²) < 4.78 is 0. The van der Waals surface area contributed by atoms with Gasteiger partial charge in [0.25, 0.3) is 0 Å². The molecular formula is C18H20ClNO2. The van der Waals surface area contributed by atoms with Crippen molar-refractivity contribution in [3.63, 3.8) is 0 Å². The molecule has 0 aromatic heterocycles. The number of hydrogen-bond acceptors (Lipinski definition) is 2. The number of carbonyl (C=O) groups excluding carboxylic acids is 1. The number of carbonyl (C=O) groups is 1. The van der Waals surface area contributed by atoms with Gasteiger partial charge >= 0.3 is 0 Å². The third-order valence-electron chi connectivity index (χ3n) is 3.59. The summed E-state index contributed by atoms with van der Waals surface area (Å²) in [4.78, 5) is 14.1. The molecule has 3 nitrogen and oxygen atoms in total. The van der Waals surface area contributed by atoms with E-state index in [0.29, 0.717) is 18.0 Å². The fourth-order valence-corrected chi connectivity index (χ4v) is 2.97. The number of aliphatic hydroxyl groups excluding tert-OH is 1. The summed E-state index contributed by atoms with van der Waals surface area (Å²) in [5.41, 5.74) is 1.74. The Morgan fingerprint density at radius 2 is 2.27 bits per heavy atom. The van der Waals surface area contributed by atoms with Gasteiger partial charge in [-0.2, -0.15) is 0 Å². The van der Waals surface area contributed by atoms with Gasteiger partial charge in [-0.15, -0.1) is 0 Å². The van der Waals surface area contributed by atoms with Crippen LogP contribution in [0, 0.1) is 0 Å². The highest BCUT2D eigenvalue weighted by molar-refractivity contribution is 6.30. The van der Waals surface area contributed by atoms with Crippen molar-refractivity contribution in [2.75, 3.05) is 6.54 Å². The third kappa shape index (κ3) is 3.80. The maximum absolute atomic E-state index is 12.2. The van der Waals surface area contributed by atoms with Gasteiger partial charge in [0.15, 0.2) is 0 Å². The molecule has 0 radical (unpaired) electrons.